The van der Waals surface area contributed by atoms with Gasteiger partial charge in [0.15, 0.2) is 18.1 Å². The predicted molar refractivity (Wildman–Crippen MR) is 100 cm³/mol. The summed E-state index contributed by atoms with van der Waals surface area (Å²) in [6, 6.07) is 16.8. The number of carbonyl (C=O) groups excluding carboxylic acids is 1. The van der Waals surface area contributed by atoms with E-state index in [1.165, 1.54) is 0 Å². The molecule has 0 unspecified atom stereocenters. The molecule has 26 heavy (non-hydrogen) atoms. The Bertz CT molecular complexity index is 838. The van der Waals surface area contributed by atoms with E-state index in [0.29, 0.717) is 23.9 Å². The lowest BCUT2D eigenvalue weighted by Crippen LogP contribution is -2.31. The number of para-hydroxylation sites is 3. The van der Waals surface area contributed by atoms with Gasteiger partial charge < -0.3 is 19.2 Å². The highest BCUT2D eigenvalue weighted by Gasteiger charge is 2.15. The van der Waals surface area contributed by atoms with Gasteiger partial charge in [-0.05, 0) is 37.6 Å². The molecule has 0 saturated carbocycles. The third kappa shape index (κ3) is 4.36. The maximum Gasteiger partial charge on any atom is 0.258 e. The summed E-state index contributed by atoms with van der Waals surface area (Å²) >= 11 is 0. The minimum atomic E-state index is -0.245. The smallest absolute Gasteiger partial charge is 0.258 e. The van der Waals surface area contributed by atoms with Crippen molar-refractivity contribution < 1.29 is 18.7 Å². The van der Waals surface area contributed by atoms with Crippen LogP contribution in [0.25, 0.3) is 11.0 Å². The van der Waals surface area contributed by atoms with Crippen LogP contribution >= 0.6 is 0 Å². The van der Waals surface area contributed by atoms with Gasteiger partial charge in [0.2, 0.25) is 0 Å². The molecule has 0 bridgehead atoms. The zero-order valence-electron chi connectivity index (χ0n) is 15.0. The van der Waals surface area contributed by atoms with E-state index in [4.69, 9.17) is 13.9 Å². The van der Waals surface area contributed by atoms with Crippen molar-refractivity contribution in [2.45, 2.75) is 26.3 Å². The van der Waals surface area contributed by atoms with Gasteiger partial charge in [-0.1, -0.05) is 37.3 Å². The van der Waals surface area contributed by atoms with Gasteiger partial charge in [-0.25, -0.2) is 0 Å². The quantitative estimate of drug-likeness (QED) is 0.649. The van der Waals surface area contributed by atoms with Gasteiger partial charge >= 0.3 is 0 Å². The number of nitrogens with one attached hydrogen (secondary N) is 1. The van der Waals surface area contributed by atoms with Gasteiger partial charge in [0.25, 0.3) is 5.91 Å². The first-order chi connectivity index (χ1) is 12.7. The van der Waals surface area contributed by atoms with Crippen molar-refractivity contribution in [2.24, 2.45) is 0 Å². The molecule has 136 valence electrons. The Morgan fingerprint density at radius 1 is 1.08 bits per heavy atom. The number of carbonyl (C=O) groups is 1. The van der Waals surface area contributed by atoms with Crippen LogP contribution in [0.4, 0.5) is 0 Å². The largest absolute Gasteiger partial charge is 0.490 e. The van der Waals surface area contributed by atoms with Crippen LogP contribution in [0.3, 0.4) is 0 Å². The van der Waals surface area contributed by atoms with E-state index in [9.17, 15) is 4.79 Å². The zero-order valence-corrected chi connectivity index (χ0v) is 15.0. The minimum Gasteiger partial charge on any atom is -0.490 e. The number of rotatable bonds is 8. The van der Waals surface area contributed by atoms with E-state index in [0.717, 1.165) is 17.4 Å². The van der Waals surface area contributed by atoms with Crippen LogP contribution in [0.15, 0.2) is 59.0 Å². The lowest BCUT2D eigenvalue weighted by molar-refractivity contribution is -0.123. The van der Waals surface area contributed by atoms with Crippen molar-refractivity contribution in [3.05, 3.63) is 60.4 Å². The van der Waals surface area contributed by atoms with Gasteiger partial charge in [-0.15, -0.1) is 0 Å². The van der Waals surface area contributed by atoms with Crippen LogP contribution in [-0.4, -0.2) is 19.1 Å². The highest BCUT2D eigenvalue weighted by Crippen LogP contribution is 2.27. The third-order valence-electron chi connectivity index (χ3n) is 3.92. The molecular weight excluding hydrogens is 330 g/mol. The van der Waals surface area contributed by atoms with Gasteiger partial charge in [-0.3, -0.25) is 4.79 Å². The van der Waals surface area contributed by atoms with Crippen LogP contribution in [0.1, 0.15) is 32.1 Å². The molecule has 1 heterocycles. The number of hydrogen-bond acceptors (Lipinski definition) is 4. The number of ether oxygens (including phenoxy) is 2. The Morgan fingerprint density at radius 3 is 2.50 bits per heavy atom. The Kier molecular flexibility index (Phi) is 5.79. The van der Waals surface area contributed by atoms with Crippen LogP contribution in [0.5, 0.6) is 11.5 Å². The summed E-state index contributed by atoms with van der Waals surface area (Å²) < 4.78 is 17.0. The topological polar surface area (TPSA) is 60.7 Å². The van der Waals surface area contributed by atoms with Gasteiger partial charge in [0.1, 0.15) is 11.3 Å². The van der Waals surface area contributed by atoms with E-state index in [1.807, 2.05) is 62.4 Å². The van der Waals surface area contributed by atoms with Gasteiger partial charge in [0.05, 0.1) is 12.6 Å². The third-order valence-corrected chi connectivity index (χ3v) is 3.92. The lowest BCUT2D eigenvalue weighted by Gasteiger charge is -2.14. The predicted octanol–water partition coefficient (Wildman–Crippen LogP) is 4.48. The number of furan rings is 1. The summed E-state index contributed by atoms with van der Waals surface area (Å²) in [7, 11) is 0. The molecule has 2 aromatic carbocycles. The van der Waals surface area contributed by atoms with E-state index in [2.05, 4.69) is 5.32 Å². The first-order valence-electron chi connectivity index (χ1n) is 8.80. The fourth-order valence-corrected chi connectivity index (χ4v) is 2.61. The van der Waals surface area contributed by atoms with Gasteiger partial charge in [0, 0.05) is 5.39 Å². The standard InChI is InChI=1S/C21H23NO4/c1-3-12-24-18-10-6-7-11-19(18)25-14-21(23)22-15(2)20-13-16-8-4-5-9-17(16)26-20/h4-11,13,15H,3,12,14H2,1-2H3,(H,22,23)/t15-/m1/s1. The second-order valence-corrected chi connectivity index (χ2v) is 6.06. The molecule has 0 aliphatic heterocycles. The van der Waals surface area contributed by atoms with Crippen molar-refractivity contribution in [3.8, 4) is 11.5 Å². The first-order valence-corrected chi connectivity index (χ1v) is 8.80. The van der Waals surface area contributed by atoms with Crippen LogP contribution in [-0.2, 0) is 4.79 Å². The number of amides is 1. The SMILES string of the molecule is CCCOc1ccccc1OCC(=O)N[C@H](C)c1cc2ccccc2o1. The fourth-order valence-electron chi connectivity index (χ4n) is 2.61. The van der Waals surface area contributed by atoms with Crippen molar-refractivity contribution >= 4 is 16.9 Å². The molecule has 5 heteroatoms. The second kappa shape index (κ2) is 8.43. The van der Waals surface area contributed by atoms with Crippen molar-refractivity contribution in [1.29, 1.82) is 0 Å². The highest BCUT2D eigenvalue weighted by molar-refractivity contribution is 5.79. The van der Waals surface area contributed by atoms with E-state index in [1.54, 1.807) is 6.07 Å². The normalized spacial score (nSPS) is 11.9. The average Bonchev–Trinajstić information content (AvgIpc) is 3.09. The molecule has 3 rings (SSSR count). The fraction of sp³-hybridized carbons (Fsp3) is 0.286. The average molecular weight is 353 g/mol. The van der Waals surface area contributed by atoms with E-state index >= 15 is 0 Å². The summed E-state index contributed by atoms with van der Waals surface area (Å²) in [6.45, 7) is 4.44. The molecule has 0 aliphatic rings. The minimum absolute atomic E-state index is 0.0862. The molecule has 1 amide bonds. The van der Waals surface area contributed by atoms with Crippen LogP contribution < -0.4 is 14.8 Å². The molecule has 0 saturated heterocycles. The zero-order chi connectivity index (χ0) is 18.4. The number of hydrogen-bond donors (Lipinski definition) is 1. The maximum absolute atomic E-state index is 12.2. The monoisotopic (exact) mass is 353 g/mol. The maximum atomic E-state index is 12.2. The molecule has 0 fully saturated rings. The number of fused-ring (bicyclic) bond motifs is 1. The Labute approximate surface area is 152 Å². The Morgan fingerprint density at radius 2 is 1.77 bits per heavy atom. The molecular formula is C21H23NO4. The van der Waals surface area contributed by atoms with Crippen molar-refractivity contribution in [1.82, 2.24) is 5.32 Å². The summed E-state index contributed by atoms with van der Waals surface area (Å²) in [5.74, 6) is 1.70. The lowest BCUT2D eigenvalue weighted by atomic mass is 10.2. The Hall–Kier alpha value is -2.95. The van der Waals surface area contributed by atoms with Crippen molar-refractivity contribution in [3.63, 3.8) is 0 Å². The van der Waals surface area contributed by atoms with Gasteiger partial charge in [-0.2, -0.15) is 0 Å². The molecule has 0 radical (unpaired) electrons. The summed E-state index contributed by atoms with van der Waals surface area (Å²) in [5.41, 5.74) is 0.807. The summed E-state index contributed by atoms with van der Waals surface area (Å²) in [4.78, 5) is 12.2. The molecule has 1 aromatic heterocycles. The summed E-state index contributed by atoms with van der Waals surface area (Å²) in [5, 5.41) is 3.91. The van der Waals surface area contributed by atoms with Crippen LogP contribution in [0, 0.1) is 0 Å². The van der Waals surface area contributed by atoms with E-state index in [-0.39, 0.29) is 18.6 Å². The second-order valence-electron chi connectivity index (χ2n) is 6.06. The van der Waals surface area contributed by atoms with Crippen molar-refractivity contribution in [2.75, 3.05) is 13.2 Å². The van der Waals surface area contributed by atoms with Crippen LogP contribution in [0.2, 0.25) is 0 Å². The molecule has 3 aromatic rings. The number of benzene rings is 2. The Balaban J connectivity index is 1.57. The first kappa shape index (κ1) is 17.9. The molecule has 0 spiro atoms. The highest BCUT2D eigenvalue weighted by atomic mass is 16.5. The summed E-state index contributed by atoms with van der Waals surface area (Å²) in [6.07, 6.45) is 0.907. The van der Waals surface area contributed by atoms with E-state index < -0.39 is 0 Å². The molecule has 1 N–H and O–H groups in total. The molecule has 0 aliphatic carbocycles. The molecule has 5 nitrogen and oxygen atoms in total. The molecule has 1 atom stereocenters.